The highest BCUT2D eigenvalue weighted by atomic mass is 35.5. The van der Waals surface area contributed by atoms with Crippen LogP contribution in [-0.4, -0.2) is 43.9 Å². The zero-order chi connectivity index (χ0) is 19.0. The van der Waals surface area contributed by atoms with Gasteiger partial charge in [0.15, 0.2) is 6.10 Å². The summed E-state index contributed by atoms with van der Waals surface area (Å²) in [4.78, 5) is 22.9. The van der Waals surface area contributed by atoms with Crippen LogP contribution in [-0.2, 0) is 23.8 Å². The van der Waals surface area contributed by atoms with E-state index in [4.69, 9.17) is 24.7 Å². The molecule has 140 valence electrons. The molecule has 1 aliphatic heterocycles. The predicted molar refractivity (Wildman–Crippen MR) is 93.5 cm³/mol. The molecule has 3 atom stereocenters. The van der Waals surface area contributed by atoms with E-state index in [1.165, 1.54) is 20.4 Å². The van der Waals surface area contributed by atoms with Crippen molar-refractivity contribution in [1.29, 1.82) is 0 Å². The number of nitrogen functional groups attached to an aromatic ring is 1. The molecular weight excluding hydrogens is 350 g/mol. The number of methoxy groups -OCH3 is 1. The number of carbonyl (C=O) groups excluding carboxylic acids is 2. The summed E-state index contributed by atoms with van der Waals surface area (Å²) in [6.45, 7) is 3.23. The van der Waals surface area contributed by atoms with Gasteiger partial charge >= 0.3 is 11.9 Å². The quantitative estimate of drug-likeness (QED) is 0.491. The number of hydrogen-bond acceptors (Lipinski definition) is 7. The van der Waals surface area contributed by atoms with Gasteiger partial charge in [0.05, 0.1) is 12.8 Å². The largest absolute Gasteiger partial charge is 0.467 e. The Morgan fingerprint density at radius 3 is 2.52 bits per heavy atom. The Balaban J connectivity index is 0.00000151. The van der Waals surface area contributed by atoms with Gasteiger partial charge in [-0.3, -0.25) is 4.79 Å². The Hall–Kier alpha value is -1.99. The lowest BCUT2D eigenvalue weighted by Crippen LogP contribution is -2.44. The van der Waals surface area contributed by atoms with Gasteiger partial charge in [-0.25, -0.2) is 4.79 Å². The average Bonchev–Trinajstić information content (AvgIpc) is 2.57. The molecule has 7 nitrogen and oxygen atoms in total. The van der Waals surface area contributed by atoms with Crippen LogP contribution in [0.2, 0.25) is 0 Å². The van der Waals surface area contributed by atoms with Crippen LogP contribution in [0.4, 0.5) is 5.69 Å². The predicted octanol–water partition coefficient (Wildman–Crippen LogP) is 2.42. The second-order valence-corrected chi connectivity index (χ2v) is 5.44. The molecule has 2 N–H and O–H groups in total. The van der Waals surface area contributed by atoms with E-state index in [1.807, 2.05) is 13.0 Å². The number of halogens is 1. The van der Waals surface area contributed by atoms with E-state index in [-0.39, 0.29) is 6.42 Å². The molecule has 1 heterocycles. The van der Waals surface area contributed by atoms with Gasteiger partial charge in [-0.1, -0.05) is 6.07 Å². The maximum absolute atomic E-state index is 11.7. The molecule has 1 aromatic carbocycles. The SMILES string of the molecule is CCl.COC(=O)[C@@H]1CC(OC(C)=O)CC(Oc2ccc(C)cc2N)O1. The van der Waals surface area contributed by atoms with E-state index in [2.05, 4.69) is 11.6 Å². The minimum absolute atomic E-state index is 0.232. The lowest BCUT2D eigenvalue weighted by Gasteiger charge is -2.33. The first kappa shape index (κ1) is 21.1. The molecular formula is C17H24ClNO6. The summed E-state index contributed by atoms with van der Waals surface area (Å²) < 4.78 is 21.2. The number of benzene rings is 1. The Labute approximate surface area is 152 Å². The van der Waals surface area contributed by atoms with Crippen molar-refractivity contribution in [2.75, 3.05) is 19.2 Å². The van der Waals surface area contributed by atoms with E-state index in [0.29, 0.717) is 17.9 Å². The van der Waals surface area contributed by atoms with Crippen molar-refractivity contribution in [2.45, 2.75) is 45.2 Å². The van der Waals surface area contributed by atoms with E-state index in [1.54, 1.807) is 12.1 Å². The van der Waals surface area contributed by atoms with Crippen LogP contribution in [0.5, 0.6) is 5.75 Å². The molecule has 0 spiro atoms. The van der Waals surface area contributed by atoms with E-state index in [9.17, 15) is 9.59 Å². The first-order valence-corrected chi connectivity index (χ1v) is 8.45. The average molecular weight is 374 g/mol. The van der Waals surface area contributed by atoms with Gasteiger partial charge in [0.25, 0.3) is 0 Å². The molecule has 0 saturated carbocycles. The second-order valence-electron chi connectivity index (χ2n) is 5.44. The van der Waals surface area contributed by atoms with Crippen LogP contribution in [0.15, 0.2) is 18.2 Å². The van der Waals surface area contributed by atoms with Crippen molar-refractivity contribution in [2.24, 2.45) is 0 Å². The summed E-state index contributed by atoms with van der Waals surface area (Å²) in [5, 5.41) is 0. The van der Waals surface area contributed by atoms with E-state index < -0.39 is 30.4 Å². The summed E-state index contributed by atoms with van der Waals surface area (Å²) in [7, 11) is 1.27. The van der Waals surface area contributed by atoms with Gasteiger partial charge in [-0.2, -0.15) is 0 Å². The highest BCUT2D eigenvalue weighted by molar-refractivity contribution is 6.15. The van der Waals surface area contributed by atoms with Crippen molar-refractivity contribution in [3.63, 3.8) is 0 Å². The van der Waals surface area contributed by atoms with Crippen LogP contribution in [0, 0.1) is 6.92 Å². The van der Waals surface area contributed by atoms with Crippen molar-refractivity contribution < 1.29 is 28.5 Å². The molecule has 0 aliphatic carbocycles. The first-order chi connectivity index (χ1) is 11.9. The van der Waals surface area contributed by atoms with Crippen molar-refractivity contribution >= 4 is 29.2 Å². The summed E-state index contributed by atoms with van der Waals surface area (Å²) in [5.74, 6) is -0.505. The van der Waals surface area contributed by atoms with Crippen molar-refractivity contribution in [3.05, 3.63) is 23.8 Å². The maximum Gasteiger partial charge on any atom is 0.335 e. The van der Waals surface area contributed by atoms with Gasteiger partial charge in [0.1, 0.15) is 11.9 Å². The number of rotatable bonds is 4. The summed E-state index contributed by atoms with van der Waals surface area (Å²) in [6, 6.07) is 5.37. The maximum atomic E-state index is 11.7. The second kappa shape index (κ2) is 10.1. The fourth-order valence-electron chi connectivity index (χ4n) is 2.45. The third-order valence-corrected chi connectivity index (χ3v) is 3.47. The van der Waals surface area contributed by atoms with Gasteiger partial charge in [0.2, 0.25) is 6.29 Å². The normalized spacial score (nSPS) is 22.2. The molecule has 2 rings (SSSR count). The molecule has 1 saturated heterocycles. The lowest BCUT2D eigenvalue weighted by atomic mass is 10.0. The van der Waals surface area contributed by atoms with Crippen LogP contribution >= 0.6 is 11.6 Å². The topological polar surface area (TPSA) is 97.1 Å². The molecule has 1 aliphatic rings. The Morgan fingerprint density at radius 2 is 1.96 bits per heavy atom. The summed E-state index contributed by atoms with van der Waals surface area (Å²) >= 11 is 4.64. The minimum Gasteiger partial charge on any atom is -0.467 e. The Kier molecular flexibility index (Phi) is 8.51. The van der Waals surface area contributed by atoms with Gasteiger partial charge < -0.3 is 24.7 Å². The number of nitrogens with two attached hydrogens (primary N) is 1. The molecule has 0 aromatic heterocycles. The van der Waals surface area contributed by atoms with Crippen molar-refractivity contribution in [1.82, 2.24) is 0 Å². The Bertz CT molecular complexity index is 595. The Morgan fingerprint density at radius 1 is 1.28 bits per heavy atom. The molecule has 0 amide bonds. The number of alkyl halides is 1. The van der Waals surface area contributed by atoms with Crippen LogP contribution in [0.1, 0.15) is 25.3 Å². The number of anilines is 1. The highest BCUT2D eigenvalue weighted by Crippen LogP contribution is 2.29. The molecule has 25 heavy (non-hydrogen) atoms. The third kappa shape index (κ3) is 6.43. The summed E-state index contributed by atoms with van der Waals surface area (Å²) in [6.07, 6.45) is -0.0883. The highest BCUT2D eigenvalue weighted by Gasteiger charge is 2.37. The molecule has 1 aromatic rings. The molecule has 8 heteroatoms. The number of esters is 2. The van der Waals surface area contributed by atoms with Crippen LogP contribution in [0.3, 0.4) is 0 Å². The first-order valence-electron chi connectivity index (χ1n) is 7.70. The van der Waals surface area contributed by atoms with Gasteiger partial charge in [-0.05, 0) is 24.6 Å². The van der Waals surface area contributed by atoms with Gasteiger partial charge in [0, 0.05) is 26.1 Å². The number of carbonyl (C=O) groups is 2. The zero-order valence-corrected chi connectivity index (χ0v) is 15.5. The zero-order valence-electron chi connectivity index (χ0n) is 14.8. The monoisotopic (exact) mass is 373 g/mol. The standard InChI is InChI=1S/C16H21NO6.CH3Cl/c1-9-4-5-13(12(17)6-9)22-15-8-11(21-10(2)18)7-14(23-15)16(19)20-3;1-2/h4-6,11,14-15H,7-8,17H2,1-3H3;1H3/t11?,14-,15?;/m0./s1. The molecule has 2 unspecified atom stereocenters. The van der Waals surface area contributed by atoms with Gasteiger partial charge in [-0.15, -0.1) is 11.6 Å². The number of ether oxygens (including phenoxy) is 4. The van der Waals surface area contributed by atoms with Crippen LogP contribution < -0.4 is 10.5 Å². The third-order valence-electron chi connectivity index (χ3n) is 3.47. The van der Waals surface area contributed by atoms with E-state index >= 15 is 0 Å². The fraction of sp³-hybridized carbons (Fsp3) is 0.529. The summed E-state index contributed by atoms with van der Waals surface area (Å²) in [5.41, 5.74) is 7.39. The van der Waals surface area contributed by atoms with Crippen LogP contribution in [0.25, 0.3) is 0 Å². The number of hydrogen-bond donors (Lipinski definition) is 1. The smallest absolute Gasteiger partial charge is 0.335 e. The fourth-order valence-corrected chi connectivity index (χ4v) is 2.45. The lowest BCUT2D eigenvalue weighted by molar-refractivity contribution is -0.204. The van der Waals surface area contributed by atoms with Crippen molar-refractivity contribution in [3.8, 4) is 5.75 Å². The molecule has 0 radical (unpaired) electrons. The van der Waals surface area contributed by atoms with E-state index in [0.717, 1.165) is 5.56 Å². The number of aryl methyl sites for hydroxylation is 1. The molecule has 1 fully saturated rings. The molecule has 0 bridgehead atoms. The minimum atomic E-state index is -0.852.